The fourth-order valence-electron chi connectivity index (χ4n) is 4.35. The summed E-state index contributed by atoms with van der Waals surface area (Å²) in [6.07, 6.45) is 0. The maximum atomic E-state index is 13.4. The second-order valence-electron chi connectivity index (χ2n) is 8.40. The highest BCUT2D eigenvalue weighted by atomic mass is 16.4. The molecule has 188 valence electrons. The van der Waals surface area contributed by atoms with Gasteiger partial charge in [-0.2, -0.15) is 0 Å². The fourth-order valence-corrected chi connectivity index (χ4v) is 4.35. The van der Waals surface area contributed by atoms with E-state index in [4.69, 9.17) is 4.42 Å². The van der Waals surface area contributed by atoms with Crippen LogP contribution in [0.3, 0.4) is 0 Å². The van der Waals surface area contributed by atoms with Gasteiger partial charge in [-0.3, -0.25) is 9.59 Å². The van der Waals surface area contributed by atoms with Crippen molar-refractivity contribution in [2.24, 2.45) is 0 Å². The minimum atomic E-state index is -1.58. The molecule has 5 rings (SSSR count). The van der Waals surface area contributed by atoms with Gasteiger partial charge in [-0.05, 0) is 54.1 Å². The van der Waals surface area contributed by atoms with E-state index in [-0.39, 0.29) is 39.5 Å². The lowest BCUT2D eigenvalue weighted by Crippen LogP contribution is -2.14. The lowest BCUT2D eigenvalue weighted by atomic mass is 9.86. The fraction of sp³-hybridized carbons (Fsp3) is 0. The molecule has 1 heterocycles. The van der Waals surface area contributed by atoms with Crippen molar-refractivity contribution in [3.05, 3.63) is 99.2 Å². The lowest BCUT2D eigenvalue weighted by molar-refractivity contribution is 0.0692. The zero-order valence-electron chi connectivity index (χ0n) is 19.1. The van der Waals surface area contributed by atoms with Gasteiger partial charge in [-0.25, -0.2) is 9.59 Å². The van der Waals surface area contributed by atoms with E-state index in [0.717, 1.165) is 30.3 Å². The Labute approximate surface area is 212 Å². The van der Waals surface area contributed by atoms with Gasteiger partial charge in [0.15, 0.2) is 11.2 Å². The molecule has 2 aliphatic rings. The topological polar surface area (TPSA) is 183 Å². The zero-order chi connectivity index (χ0) is 27.3. The Kier molecular flexibility index (Phi) is 5.57. The summed E-state index contributed by atoms with van der Waals surface area (Å²) in [7, 11) is 0. The van der Waals surface area contributed by atoms with E-state index < -0.39 is 45.6 Å². The highest BCUT2D eigenvalue weighted by Crippen LogP contribution is 2.43. The van der Waals surface area contributed by atoms with Gasteiger partial charge < -0.3 is 29.9 Å². The summed E-state index contributed by atoms with van der Waals surface area (Å²) in [5.74, 6) is -5.05. The SMILES string of the molecule is O=C(O)c1cc(C(=O)O)c(-c2c3ccc(=O)cc-3oc3cc(O)ccc23)cc1C(=O)c1ccc(O)cc1O. The van der Waals surface area contributed by atoms with E-state index in [0.29, 0.717) is 10.9 Å². The summed E-state index contributed by atoms with van der Waals surface area (Å²) in [6, 6.07) is 13.0. The van der Waals surface area contributed by atoms with Crippen molar-refractivity contribution in [1.29, 1.82) is 0 Å². The van der Waals surface area contributed by atoms with Gasteiger partial charge in [0.25, 0.3) is 0 Å². The number of ketones is 1. The molecule has 3 aromatic rings. The number of rotatable bonds is 5. The Balaban J connectivity index is 1.92. The van der Waals surface area contributed by atoms with E-state index in [2.05, 4.69) is 0 Å². The number of aromatic carboxylic acids is 2. The molecule has 0 unspecified atom stereocenters. The Morgan fingerprint density at radius 3 is 2.00 bits per heavy atom. The minimum absolute atomic E-state index is 0.0632. The van der Waals surface area contributed by atoms with E-state index in [1.807, 2.05) is 0 Å². The molecule has 10 nitrogen and oxygen atoms in total. The molecule has 1 aliphatic carbocycles. The molecule has 0 spiro atoms. The zero-order valence-corrected chi connectivity index (χ0v) is 19.1. The summed E-state index contributed by atoms with van der Waals surface area (Å²) >= 11 is 0. The first-order chi connectivity index (χ1) is 18.0. The van der Waals surface area contributed by atoms with Crippen molar-refractivity contribution in [3.8, 4) is 39.7 Å². The van der Waals surface area contributed by atoms with E-state index in [1.165, 1.54) is 36.4 Å². The van der Waals surface area contributed by atoms with E-state index in [1.54, 1.807) is 0 Å². The average molecular weight is 512 g/mol. The second-order valence-corrected chi connectivity index (χ2v) is 8.40. The van der Waals surface area contributed by atoms with Crippen LogP contribution >= 0.6 is 0 Å². The molecule has 0 aromatic heterocycles. The number of carbonyl (C=O) groups is 3. The molecular formula is C28H16O10. The van der Waals surface area contributed by atoms with Crippen LogP contribution in [-0.4, -0.2) is 43.3 Å². The van der Waals surface area contributed by atoms with Crippen LogP contribution < -0.4 is 5.43 Å². The molecule has 1 aliphatic heterocycles. The molecule has 5 N–H and O–H groups in total. The van der Waals surface area contributed by atoms with Crippen LogP contribution in [0.2, 0.25) is 0 Å². The Bertz CT molecular complexity index is 1850. The van der Waals surface area contributed by atoms with Crippen molar-refractivity contribution in [2.75, 3.05) is 0 Å². The highest BCUT2D eigenvalue weighted by Gasteiger charge is 2.28. The number of hydrogen-bond acceptors (Lipinski definition) is 8. The Morgan fingerprint density at radius 1 is 0.632 bits per heavy atom. The molecule has 0 fully saturated rings. The summed E-state index contributed by atoms with van der Waals surface area (Å²) in [5, 5.41) is 50.0. The van der Waals surface area contributed by atoms with Gasteiger partial charge in [0, 0.05) is 40.3 Å². The van der Waals surface area contributed by atoms with Crippen molar-refractivity contribution in [2.45, 2.75) is 0 Å². The maximum Gasteiger partial charge on any atom is 0.336 e. The van der Waals surface area contributed by atoms with Gasteiger partial charge in [-0.1, -0.05) is 0 Å². The monoisotopic (exact) mass is 512 g/mol. The Hall–Kier alpha value is -5.64. The largest absolute Gasteiger partial charge is 0.508 e. The number of carboxylic acids is 2. The first-order valence-electron chi connectivity index (χ1n) is 11.0. The number of carboxylic acid groups (broad SMARTS) is 2. The van der Waals surface area contributed by atoms with Crippen molar-refractivity contribution in [1.82, 2.24) is 0 Å². The quantitative estimate of drug-likeness (QED) is 0.168. The van der Waals surface area contributed by atoms with Crippen LogP contribution in [0, 0.1) is 0 Å². The second kappa shape index (κ2) is 8.79. The normalized spacial score (nSPS) is 11.1. The number of hydrogen-bond donors (Lipinski definition) is 5. The molecular weight excluding hydrogens is 496 g/mol. The predicted molar refractivity (Wildman–Crippen MR) is 133 cm³/mol. The average Bonchev–Trinajstić information content (AvgIpc) is 2.85. The molecule has 10 heteroatoms. The predicted octanol–water partition coefficient (Wildman–Crippen LogP) is 4.31. The van der Waals surface area contributed by atoms with Gasteiger partial charge >= 0.3 is 11.9 Å². The number of fused-ring (bicyclic) bond motifs is 2. The van der Waals surface area contributed by atoms with Crippen molar-refractivity contribution >= 4 is 28.7 Å². The maximum absolute atomic E-state index is 13.4. The first kappa shape index (κ1) is 24.1. The number of benzene rings is 4. The van der Waals surface area contributed by atoms with Crippen LogP contribution in [0.1, 0.15) is 36.6 Å². The van der Waals surface area contributed by atoms with Gasteiger partial charge in [0.1, 0.15) is 28.6 Å². The molecule has 0 atom stereocenters. The third-order valence-electron chi connectivity index (χ3n) is 6.04. The summed E-state index contributed by atoms with van der Waals surface area (Å²) in [6.45, 7) is 0. The molecule has 0 saturated heterocycles. The van der Waals surface area contributed by atoms with Crippen LogP contribution in [0.15, 0.2) is 75.9 Å². The first-order valence-corrected chi connectivity index (χ1v) is 11.0. The van der Waals surface area contributed by atoms with E-state index >= 15 is 0 Å². The molecule has 38 heavy (non-hydrogen) atoms. The molecule has 0 amide bonds. The minimum Gasteiger partial charge on any atom is -0.508 e. The van der Waals surface area contributed by atoms with E-state index in [9.17, 15) is 44.7 Å². The van der Waals surface area contributed by atoms with Crippen LogP contribution in [0.5, 0.6) is 17.2 Å². The summed E-state index contributed by atoms with van der Waals surface area (Å²) in [4.78, 5) is 49.9. The molecule has 3 aromatic carbocycles. The lowest BCUT2D eigenvalue weighted by Gasteiger charge is -2.18. The molecule has 0 saturated carbocycles. The number of phenols is 3. The standard InChI is InChI=1S/C28H16O10/c29-12-1-4-15(22(32)7-12)26(33)19-10-18(20(27(34)35)11-21(19)28(36)37)25-16-5-2-13(30)8-23(16)38-24-9-14(31)3-6-17(24)25/h1-11,29-30,32H,(H,34,35)(H,36,37). The van der Waals surface area contributed by atoms with Gasteiger partial charge in [0.05, 0.1) is 16.7 Å². The smallest absolute Gasteiger partial charge is 0.336 e. The number of phenolic OH excluding ortho intramolecular Hbond substituents is 3. The van der Waals surface area contributed by atoms with Crippen molar-refractivity contribution in [3.63, 3.8) is 0 Å². The van der Waals surface area contributed by atoms with Crippen LogP contribution in [-0.2, 0) is 0 Å². The Morgan fingerprint density at radius 2 is 1.32 bits per heavy atom. The number of aromatic hydroxyl groups is 3. The van der Waals surface area contributed by atoms with Crippen LogP contribution in [0.4, 0.5) is 0 Å². The van der Waals surface area contributed by atoms with Crippen LogP contribution in [0.25, 0.3) is 33.4 Å². The molecule has 0 radical (unpaired) electrons. The number of carbonyl (C=O) groups excluding carboxylic acids is 1. The third-order valence-corrected chi connectivity index (χ3v) is 6.04. The third kappa shape index (κ3) is 3.95. The summed E-state index contributed by atoms with van der Waals surface area (Å²) < 4.78 is 5.78. The summed E-state index contributed by atoms with van der Waals surface area (Å²) in [5.41, 5.74) is -1.71. The highest BCUT2D eigenvalue weighted by molar-refractivity contribution is 6.18. The van der Waals surface area contributed by atoms with Gasteiger partial charge in [0.2, 0.25) is 0 Å². The van der Waals surface area contributed by atoms with Crippen molar-refractivity contribution < 1.29 is 44.3 Å². The van der Waals surface area contributed by atoms with Gasteiger partial charge in [-0.15, -0.1) is 0 Å². The molecule has 0 bridgehead atoms.